The minimum atomic E-state index is -1.72. The molecule has 0 bridgehead atoms. The number of likely N-dealkylation sites (tertiary alicyclic amines) is 1. The van der Waals surface area contributed by atoms with Gasteiger partial charge in [0, 0.05) is 55.0 Å². The number of hydrogen-bond acceptors (Lipinski definition) is 17. The molecule has 2 aliphatic rings. The highest BCUT2D eigenvalue weighted by atomic mass is 16.6. The number of fused-ring (bicyclic) bond motifs is 1. The second-order valence-electron chi connectivity index (χ2n) is 19.0. The van der Waals surface area contributed by atoms with E-state index in [2.05, 4.69) is 47.2 Å². The zero-order valence-corrected chi connectivity index (χ0v) is 43.0. The van der Waals surface area contributed by atoms with Crippen LogP contribution < -0.4 is 47.6 Å². The smallest absolute Gasteiger partial charge is 0.336 e. The molecule has 3 heterocycles. The van der Waals surface area contributed by atoms with Crippen LogP contribution in [0, 0.1) is 26.1 Å². The third-order valence-electron chi connectivity index (χ3n) is 13.5. The number of carbonyl (C=O) groups is 8. The number of carboxylic acid groups (broad SMARTS) is 1. The van der Waals surface area contributed by atoms with Crippen molar-refractivity contribution >= 4 is 75.4 Å². The van der Waals surface area contributed by atoms with E-state index in [9.17, 15) is 68.5 Å². The average Bonchev–Trinajstić information content (AvgIpc) is 4.14. The second kappa shape index (κ2) is 27.2. The maximum Gasteiger partial charge on any atom is 0.336 e. The average molecular weight is 1090 g/mol. The molecule has 1 aliphatic carbocycles. The molecule has 1 aliphatic heterocycles. The topological polar surface area (TPSA) is 399 Å². The number of methoxy groups -OCH3 is 1. The van der Waals surface area contributed by atoms with Crippen LogP contribution >= 0.6 is 0 Å². The largest absolute Gasteiger partial charge is 0.497 e. The van der Waals surface area contributed by atoms with Gasteiger partial charge in [0.15, 0.2) is 0 Å². The number of hydrogen-bond donors (Lipinski definition) is 9. The van der Waals surface area contributed by atoms with Crippen LogP contribution in [0.15, 0.2) is 64.2 Å². The number of nitro groups is 2. The fraction of sp³-hybridized carbons (Fsp3) is 0.480. The van der Waals surface area contributed by atoms with Crippen LogP contribution in [-0.2, 0) is 51.2 Å². The van der Waals surface area contributed by atoms with Crippen LogP contribution in [0.2, 0.25) is 0 Å². The number of ether oxygens (including phenoxy) is 1. The maximum atomic E-state index is 14.0. The molecule has 1 saturated carbocycles. The molecular formula is C50H62N12O16. The third kappa shape index (κ3) is 15.8. The van der Waals surface area contributed by atoms with Crippen molar-refractivity contribution in [2.24, 2.45) is 5.92 Å². The predicted molar refractivity (Wildman–Crippen MR) is 275 cm³/mol. The van der Waals surface area contributed by atoms with Crippen molar-refractivity contribution in [1.29, 1.82) is 0 Å². The van der Waals surface area contributed by atoms with Crippen molar-refractivity contribution in [1.82, 2.24) is 46.8 Å². The monoisotopic (exact) mass is 1090 g/mol. The Kier molecular flexibility index (Phi) is 20.3. The number of H-pyrrole nitrogens is 1. The Hall–Kier alpha value is -8.98. The predicted octanol–water partition coefficient (Wildman–Crippen LogP) is 1.25. The number of non-ortho nitro benzene ring substituents is 1. The summed E-state index contributed by atoms with van der Waals surface area (Å²) >= 11 is 0. The van der Waals surface area contributed by atoms with E-state index in [0.29, 0.717) is 41.3 Å². The standard InChI is InChI=1S/C50H62N12O16/c1-4-34(47(68)57-37(20-30-23-51-26-54-30)48(69)55-27(2)45(66)59-38(50(71)72)24-52-35-15-12-31(61(73)74)21-40(35)62(75)76)56-42(63)25-53-46(67)36(17-28-9-6-5-7-10-28)58-49(70)39-11-8-16-60(39)43(64)18-29-19-44(65)78-41-22-32(77-3)13-14-33(29)41/h12-15,19,21-23,26-28,34,36-39,52H,4-11,16-18,20,24-25H2,1-3H3,(H,51,54)(H,53,67)(H,55,69)(H,56,63)(H,57,68)(H,58,70)(H,59,66)(H,71,72)/t27-,34-,36-,37-,38-,39-/m0/s1. The van der Waals surface area contributed by atoms with Gasteiger partial charge in [-0.05, 0) is 62.3 Å². The fourth-order valence-electron chi connectivity index (χ4n) is 9.35. The summed E-state index contributed by atoms with van der Waals surface area (Å²) in [4.78, 5) is 149. The number of nitrogens with one attached hydrogen (secondary N) is 8. The molecule has 2 fully saturated rings. The number of imidazole rings is 1. The zero-order chi connectivity index (χ0) is 56.6. The summed E-state index contributed by atoms with van der Waals surface area (Å²) in [6, 6.07) is 0.976. The number of benzene rings is 2. The van der Waals surface area contributed by atoms with E-state index in [1.165, 1.54) is 37.5 Å². The number of nitro benzene ring substituents is 2. The Bertz CT molecular complexity index is 2940. The summed E-state index contributed by atoms with van der Waals surface area (Å²) in [5.41, 5.74) is -1.21. The SMILES string of the molecule is CC[C@H](NC(=O)CNC(=O)[C@H](CC1CCCCC1)NC(=O)[C@@H]1CCCN1C(=O)Cc1cc(=O)oc2cc(OC)ccc12)C(=O)N[C@@H](Cc1cnc[nH]1)C(=O)N[C@@H](C)C(=O)N[C@@H](CNc1ccc([N+](=O)[O-])cc1[N+](=O)[O-])C(=O)O. The first-order valence-corrected chi connectivity index (χ1v) is 25.3. The van der Waals surface area contributed by atoms with Gasteiger partial charge in [0.2, 0.25) is 41.4 Å². The maximum absolute atomic E-state index is 14.0. The van der Waals surface area contributed by atoms with E-state index in [4.69, 9.17) is 9.15 Å². The summed E-state index contributed by atoms with van der Waals surface area (Å²) in [5, 5.41) is 50.7. The molecule has 2 aromatic heterocycles. The van der Waals surface area contributed by atoms with Crippen molar-refractivity contribution in [3.63, 3.8) is 0 Å². The third-order valence-corrected chi connectivity index (χ3v) is 13.5. The summed E-state index contributed by atoms with van der Waals surface area (Å²) in [6.45, 7) is 1.84. The number of anilines is 1. The molecule has 4 aromatic rings. The van der Waals surface area contributed by atoms with E-state index < -0.39 is 124 Å². The minimum absolute atomic E-state index is 0.00989. The van der Waals surface area contributed by atoms with Gasteiger partial charge in [-0.15, -0.1) is 0 Å². The number of carboxylic acids is 1. The first kappa shape index (κ1) is 58.3. The molecular weight excluding hydrogens is 1020 g/mol. The lowest BCUT2D eigenvalue weighted by Gasteiger charge is -2.29. The fourth-order valence-corrected chi connectivity index (χ4v) is 9.35. The highest BCUT2D eigenvalue weighted by molar-refractivity contribution is 5.97. The Labute approximate surface area is 444 Å². The van der Waals surface area contributed by atoms with Crippen LogP contribution in [0.4, 0.5) is 17.1 Å². The van der Waals surface area contributed by atoms with Crippen LogP contribution in [0.3, 0.4) is 0 Å². The second-order valence-corrected chi connectivity index (χ2v) is 19.0. The Balaban J connectivity index is 1.05. The van der Waals surface area contributed by atoms with Crippen LogP contribution in [0.5, 0.6) is 5.75 Å². The number of nitrogens with zero attached hydrogens (tertiary/aromatic N) is 4. The highest BCUT2D eigenvalue weighted by Gasteiger charge is 2.37. The van der Waals surface area contributed by atoms with Crippen molar-refractivity contribution in [3.8, 4) is 5.75 Å². The van der Waals surface area contributed by atoms with Gasteiger partial charge in [-0.25, -0.2) is 14.6 Å². The lowest BCUT2D eigenvalue weighted by Crippen LogP contribution is -2.58. The summed E-state index contributed by atoms with van der Waals surface area (Å²) < 4.78 is 10.6. The molecule has 28 nitrogen and oxygen atoms in total. The normalized spacial score (nSPS) is 16.3. The molecule has 6 rings (SSSR count). The lowest BCUT2D eigenvalue weighted by molar-refractivity contribution is -0.393. The van der Waals surface area contributed by atoms with E-state index in [1.54, 1.807) is 25.1 Å². The summed E-state index contributed by atoms with van der Waals surface area (Å²) in [6.07, 6.45) is 7.99. The number of amides is 7. The van der Waals surface area contributed by atoms with Gasteiger partial charge < -0.3 is 61.4 Å². The van der Waals surface area contributed by atoms with Gasteiger partial charge >= 0.3 is 11.6 Å². The number of aliphatic carboxylic acids is 1. The summed E-state index contributed by atoms with van der Waals surface area (Å²) in [5.74, 6) is -6.17. The van der Waals surface area contributed by atoms with Crippen LogP contribution in [0.25, 0.3) is 11.0 Å². The number of aromatic amines is 1. The van der Waals surface area contributed by atoms with Crippen molar-refractivity contribution in [2.75, 3.05) is 32.1 Å². The minimum Gasteiger partial charge on any atom is -0.497 e. The van der Waals surface area contributed by atoms with Crippen molar-refractivity contribution in [3.05, 3.63) is 96.9 Å². The molecule has 0 radical (unpaired) electrons. The zero-order valence-electron chi connectivity index (χ0n) is 43.0. The Morgan fingerprint density at radius 2 is 1.58 bits per heavy atom. The summed E-state index contributed by atoms with van der Waals surface area (Å²) in [7, 11) is 1.47. The number of rotatable bonds is 26. The molecule has 7 amide bonds. The van der Waals surface area contributed by atoms with E-state index in [1.807, 2.05) is 0 Å². The quantitative estimate of drug-likeness (QED) is 0.0243. The van der Waals surface area contributed by atoms with Gasteiger partial charge in [-0.3, -0.25) is 53.8 Å². The molecule has 418 valence electrons. The first-order chi connectivity index (χ1) is 37.2. The van der Waals surface area contributed by atoms with Gasteiger partial charge in [-0.2, -0.15) is 0 Å². The van der Waals surface area contributed by atoms with Crippen LogP contribution in [-0.4, -0.2) is 140 Å². The Morgan fingerprint density at radius 3 is 2.24 bits per heavy atom. The van der Waals surface area contributed by atoms with E-state index in [-0.39, 0.29) is 49.4 Å². The van der Waals surface area contributed by atoms with Gasteiger partial charge in [0.05, 0.1) is 42.3 Å². The number of aromatic nitrogens is 2. The van der Waals surface area contributed by atoms with E-state index in [0.717, 1.165) is 44.2 Å². The molecule has 6 atom stereocenters. The van der Waals surface area contributed by atoms with Gasteiger partial charge in [-0.1, -0.05) is 39.0 Å². The van der Waals surface area contributed by atoms with Crippen molar-refractivity contribution in [2.45, 2.75) is 121 Å². The number of carbonyl (C=O) groups excluding carboxylic acids is 7. The molecule has 0 spiro atoms. The molecule has 78 heavy (non-hydrogen) atoms. The first-order valence-electron chi connectivity index (χ1n) is 25.3. The van der Waals surface area contributed by atoms with Gasteiger partial charge in [0.1, 0.15) is 53.3 Å². The Morgan fingerprint density at radius 1 is 0.846 bits per heavy atom. The molecule has 0 unspecified atom stereocenters. The van der Waals surface area contributed by atoms with Gasteiger partial charge in [0.25, 0.3) is 11.4 Å². The van der Waals surface area contributed by atoms with E-state index >= 15 is 0 Å². The van der Waals surface area contributed by atoms with Crippen molar-refractivity contribution < 1.29 is 62.5 Å². The molecule has 2 aromatic carbocycles. The highest BCUT2D eigenvalue weighted by Crippen LogP contribution is 2.30. The molecule has 28 heteroatoms. The molecule has 1 saturated heterocycles. The molecule has 9 N–H and O–H groups in total. The van der Waals surface area contributed by atoms with Crippen LogP contribution in [0.1, 0.15) is 82.9 Å². The lowest BCUT2D eigenvalue weighted by atomic mass is 9.84.